The van der Waals surface area contributed by atoms with Crippen LogP contribution in [0.4, 0.5) is 11.6 Å². The van der Waals surface area contributed by atoms with Crippen LogP contribution in [0.15, 0.2) is 10.8 Å². The van der Waals surface area contributed by atoms with Crippen LogP contribution in [0.3, 0.4) is 0 Å². The zero-order chi connectivity index (χ0) is 15.2. The SMILES string of the molecule is CCNc1ncnc(N2CCC(CNC(C)=O)CC2)c1Br. The van der Waals surface area contributed by atoms with E-state index in [9.17, 15) is 4.79 Å². The molecule has 1 saturated heterocycles. The van der Waals surface area contributed by atoms with E-state index >= 15 is 0 Å². The van der Waals surface area contributed by atoms with E-state index in [2.05, 4.69) is 41.4 Å². The smallest absolute Gasteiger partial charge is 0.216 e. The van der Waals surface area contributed by atoms with Crippen LogP contribution in [0.2, 0.25) is 0 Å². The van der Waals surface area contributed by atoms with Crippen molar-refractivity contribution in [3.63, 3.8) is 0 Å². The van der Waals surface area contributed by atoms with Crippen molar-refractivity contribution in [1.82, 2.24) is 15.3 Å². The average molecular weight is 356 g/mol. The molecule has 2 rings (SSSR count). The first kappa shape index (κ1) is 16.0. The van der Waals surface area contributed by atoms with Gasteiger partial charge >= 0.3 is 0 Å². The Morgan fingerprint density at radius 3 is 2.76 bits per heavy atom. The number of nitrogens with zero attached hydrogens (tertiary/aromatic N) is 3. The molecule has 21 heavy (non-hydrogen) atoms. The predicted octanol–water partition coefficient (Wildman–Crippen LogP) is 2.02. The molecule has 1 fully saturated rings. The van der Waals surface area contributed by atoms with Crippen molar-refractivity contribution in [3.05, 3.63) is 10.8 Å². The molecule has 2 N–H and O–H groups in total. The minimum Gasteiger partial charge on any atom is -0.369 e. The van der Waals surface area contributed by atoms with Gasteiger partial charge in [0.25, 0.3) is 0 Å². The Labute approximate surface area is 133 Å². The van der Waals surface area contributed by atoms with Crippen LogP contribution in [0.25, 0.3) is 0 Å². The van der Waals surface area contributed by atoms with Gasteiger partial charge in [-0.25, -0.2) is 9.97 Å². The van der Waals surface area contributed by atoms with E-state index in [1.807, 2.05) is 6.92 Å². The van der Waals surface area contributed by atoms with Crippen LogP contribution in [0.1, 0.15) is 26.7 Å². The van der Waals surface area contributed by atoms with Gasteiger partial charge in [-0.3, -0.25) is 4.79 Å². The molecule has 6 nitrogen and oxygen atoms in total. The van der Waals surface area contributed by atoms with Crippen molar-refractivity contribution < 1.29 is 4.79 Å². The number of carbonyl (C=O) groups excluding carboxylic acids is 1. The van der Waals surface area contributed by atoms with Crippen molar-refractivity contribution in [2.45, 2.75) is 26.7 Å². The third kappa shape index (κ3) is 4.30. The minimum absolute atomic E-state index is 0.0475. The number of nitrogens with one attached hydrogen (secondary N) is 2. The molecule has 0 bridgehead atoms. The lowest BCUT2D eigenvalue weighted by atomic mass is 9.97. The summed E-state index contributed by atoms with van der Waals surface area (Å²) in [5.41, 5.74) is 0. The van der Waals surface area contributed by atoms with E-state index in [1.165, 1.54) is 0 Å². The first-order chi connectivity index (χ1) is 10.1. The Morgan fingerprint density at radius 2 is 2.14 bits per heavy atom. The van der Waals surface area contributed by atoms with Gasteiger partial charge in [0.2, 0.25) is 5.91 Å². The molecule has 2 heterocycles. The van der Waals surface area contributed by atoms with Gasteiger partial charge in [0.05, 0.1) is 0 Å². The first-order valence-electron chi connectivity index (χ1n) is 7.35. The molecule has 0 aliphatic carbocycles. The maximum Gasteiger partial charge on any atom is 0.216 e. The number of rotatable bonds is 5. The molecule has 116 valence electrons. The fourth-order valence-corrected chi connectivity index (χ4v) is 3.10. The summed E-state index contributed by atoms with van der Waals surface area (Å²) in [6, 6.07) is 0. The Hall–Kier alpha value is -1.37. The molecule has 7 heteroatoms. The van der Waals surface area contributed by atoms with Crippen LogP contribution < -0.4 is 15.5 Å². The molecule has 0 unspecified atom stereocenters. The lowest BCUT2D eigenvalue weighted by molar-refractivity contribution is -0.119. The Balaban J connectivity index is 1.96. The molecule has 0 saturated carbocycles. The number of amides is 1. The van der Waals surface area contributed by atoms with Gasteiger partial charge in [0.1, 0.15) is 22.4 Å². The largest absolute Gasteiger partial charge is 0.369 e. The topological polar surface area (TPSA) is 70.2 Å². The predicted molar refractivity (Wildman–Crippen MR) is 87.5 cm³/mol. The lowest BCUT2D eigenvalue weighted by Crippen LogP contribution is -2.38. The molecular formula is C14H22BrN5O. The number of hydrogen-bond donors (Lipinski definition) is 2. The summed E-state index contributed by atoms with van der Waals surface area (Å²) in [7, 11) is 0. The third-order valence-electron chi connectivity index (χ3n) is 3.67. The summed E-state index contributed by atoms with van der Waals surface area (Å²) in [4.78, 5) is 21.9. The molecule has 0 aromatic carbocycles. The highest BCUT2D eigenvalue weighted by Crippen LogP contribution is 2.31. The normalized spacial score (nSPS) is 15.9. The zero-order valence-corrected chi connectivity index (χ0v) is 14.1. The maximum atomic E-state index is 11.0. The lowest BCUT2D eigenvalue weighted by Gasteiger charge is -2.33. The van der Waals surface area contributed by atoms with Crippen molar-refractivity contribution in [3.8, 4) is 0 Å². The highest BCUT2D eigenvalue weighted by molar-refractivity contribution is 9.10. The van der Waals surface area contributed by atoms with Gasteiger partial charge in [0.15, 0.2) is 0 Å². The number of halogens is 1. The van der Waals surface area contributed by atoms with Crippen LogP contribution in [0.5, 0.6) is 0 Å². The number of aromatic nitrogens is 2. The van der Waals surface area contributed by atoms with Crippen molar-refractivity contribution in [2.24, 2.45) is 5.92 Å². The highest BCUT2D eigenvalue weighted by Gasteiger charge is 2.22. The fraction of sp³-hybridized carbons (Fsp3) is 0.643. The molecular weight excluding hydrogens is 334 g/mol. The quantitative estimate of drug-likeness (QED) is 0.845. The summed E-state index contributed by atoms with van der Waals surface area (Å²) in [6.07, 6.45) is 3.72. The van der Waals surface area contributed by atoms with Gasteiger partial charge in [-0.15, -0.1) is 0 Å². The van der Waals surface area contributed by atoms with Crippen molar-refractivity contribution in [1.29, 1.82) is 0 Å². The van der Waals surface area contributed by atoms with Crippen LogP contribution in [-0.2, 0) is 4.79 Å². The Morgan fingerprint density at radius 1 is 1.43 bits per heavy atom. The molecule has 0 radical (unpaired) electrons. The van der Waals surface area contributed by atoms with E-state index in [4.69, 9.17) is 0 Å². The van der Waals surface area contributed by atoms with Gasteiger partial charge < -0.3 is 15.5 Å². The third-order valence-corrected chi connectivity index (χ3v) is 4.40. The second-order valence-corrected chi connectivity index (χ2v) is 6.05. The Kier molecular flexibility index (Phi) is 5.78. The highest BCUT2D eigenvalue weighted by atomic mass is 79.9. The monoisotopic (exact) mass is 355 g/mol. The molecule has 0 spiro atoms. The van der Waals surface area contributed by atoms with Crippen LogP contribution >= 0.6 is 15.9 Å². The van der Waals surface area contributed by atoms with E-state index in [1.54, 1.807) is 13.3 Å². The number of carbonyl (C=O) groups is 1. The molecule has 1 aliphatic heterocycles. The van der Waals surface area contributed by atoms with E-state index in [-0.39, 0.29) is 5.91 Å². The summed E-state index contributed by atoms with van der Waals surface area (Å²) in [5, 5.41) is 6.13. The second kappa shape index (κ2) is 7.59. The second-order valence-electron chi connectivity index (χ2n) is 5.26. The van der Waals surface area contributed by atoms with Crippen molar-refractivity contribution >= 4 is 33.5 Å². The molecule has 1 aromatic heterocycles. The van der Waals surface area contributed by atoms with Gasteiger partial charge in [-0.1, -0.05) is 0 Å². The van der Waals surface area contributed by atoms with Crippen molar-refractivity contribution in [2.75, 3.05) is 36.4 Å². The maximum absolute atomic E-state index is 11.0. The molecule has 0 atom stereocenters. The molecule has 1 amide bonds. The summed E-state index contributed by atoms with van der Waals surface area (Å²) < 4.78 is 0.923. The van der Waals surface area contributed by atoms with Gasteiger partial charge in [-0.2, -0.15) is 0 Å². The summed E-state index contributed by atoms with van der Waals surface area (Å²) in [5.74, 6) is 2.38. The number of hydrogen-bond acceptors (Lipinski definition) is 5. The van der Waals surface area contributed by atoms with Gasteiger partial charge in [0, 0.05) is 33.1 Å². The average Bonchev–Trinajstić information content (AvgIpc) is 2.48. The fourth-order valence-electron chi connectivity index (χ4n) is 2.51. The van der Waals surface area contributed by atoms with E-state index in [0.29, 0.717) is 5.92 Å². The van der Waals surface area contributed by atoms with E-state index in [0.717, 1.165) is 55.1 Å². The number of piperidine rings is 1. The van der Waals surface area contributed by atoms with E-state index < -0.39 is 0 Å². The standard InChI is InChI=1S/C14H22BrN5O/c1-3-16-13-12(15)14(19-9-18-13)20-6-4-11(5-7-20)8-17-10(2)21/h9,11H,3-8H2,1-2H3,(H,17,21)(H,16,18,19). The van der Waals surface area contributed by atoms with Crippen LogP contribution in [-0.4, -0.2) is 42.1 Å². The summed E-state index contributed by atoms with van der Waals surface area (Å²) >= 11 is 3.60. The number of anilines is 2. The van der Waals surface area contributed by atoms with Crippen LogP contribution in [0, 0.1) is 5.92 Å². The zero-order valence-electron chi connectivity index (χ0n) is 12.5. The molecule has 1 aromatic rings. The molecule has 1 aliphatic rings. The Bertz CT molecular complexity index is 488. The minimum atomic E-state index is 0.0475. The summed E-state index contributed by atoms with van der Waals surface area (Å²) in [6.45, 7) is 7.11. The van der Waals surface area contributed by atoms with Gasteiger partial charge in [-0.05, 0) is 41.6 Å². The first-order valence-corrected chi connectivity index (χ1v) is 8.14.